The maximum absolute atomic E-state index is 11.8. The van der Waals surface area contributed by atoms with Gasteiger partial charge >= 0.3 is 0 Å². The summed E-state index contributed by atoms with van der Waals surface area (Å²) in [6.07, 6.45) is 7.42. The second-order valence-corrected chi connectivity index (χ2v) is 9.47. The van der Waals surface area contributed by atoms with Crippen LogP contribution >= 0.6 is 0 Å². The number of hydrogen-bond acceptors (Lipinski definition) is 6. The minimum absolute atomic E-state index is 0.209. The molecule has 0 radical (unpaired) electrons. The summed E-state index contributed by atoms with van der Waals surface area (Å²) >= 11 is 0. The summed E-state index contributed by atoms with van der Waals surface area (Å²) < 4.78 is 34.7. The molecule has 2 heterocycles. The molecule has 6 nitrogen and oxygen atoms in total. The molecule has 2 aromatic rings. The molecule has 0 bridgehead atoms. The quantitative estimate of drug-likeness (QED) is 0.815. The van der Waals surface area contributed by atoms with E-state index in [2.05, 4.69) is 5.16 Å². The Balaban J connectivity index is 1.72. The second-order valence-electron chi connectivity index (χ2n) is 7.46. The maximum Gasteiger partial charge on any atom is 0.237 e. The average Bonchev–Trinajstić information content (AvgIpc) is 3.33. The van der Waals surface area contributed by atoms with Crippen molar-refractivity contribution >= 4 is 9.84 Å². The highest BCUT2D eigenvalue weighted by molar-refractivity contribution is 7.90. The van der Waals surface area contributed by atoms with Crippen LogP contribution in [0.2, 0.25) is 0 Å². The third-order valence-corrected chi connectivity index (χ3v) is 6.82. The van der Waals surface area contributed by atoms with E-state index in [0.717, 1.165) is 50.1 Å². The van der Waals surface area contributed by atoms with Gasteiger partial charge in [0.25, 0.3) is 0 Å². The zero-order valence-corrected chi connectivity index (χ0v) is 15.8. The molecule has 1 unspecified atom stereocenters. The molecule has 2 fully saturated rings. The van der Waals surface area contributed by atoms with Crippen LogP contribution in [0.25, 0.3) is 0 Å². The standard InChI is InChI=1S/C19H24N2O4S/c1-26(22,23)16-7-5-15(6-8-16)19(10-3-2-4-11-19)18-20-17(21-25-18)14-9-12-24-13-14/h5-8,14H,2-4,9-13H2,1H3. The summed E-state index contributed by atoms with van der Waals surface area (Å²) in [5.41, 5.74) is 0.737. The summed E-state index contributed by atoms with van der Waals surface area (Å²) in [6.45, 7) is 1.39. The SMILES string of the molecule is CS(=O)(=O)c1ccc(C2(c3nc(C4CCOC4)no3)CCCCC2)cc1. The van der Waals surface area contributed by atoms with Gasteiger partial charge in [-0.3, -0.25) is 0 Å². The lowest BCUT2D eigenvalue weighted by Gasteiger charge is -2.34. The number of rotatable bonds is 4. The first kappa shape index (κ1) is 17.7. The number of ether oxygens (including phenoxy) is 1. The van der Waals surface area contributed by atoms with Crippen LogP contribution in [-0.2, 0) is 20.0 Å². The van der Waals surface area contributed by atoms with Gasteiger partial charge in [-0.1, -0.05) is 36.6 Å². The molecule has 0 N–H and O–H groups in total. The van der Waals surface area contributed by atoms with Gasteiger partial charge in [-0.05, 0) is 37.0 Å². The number of aromatic nitrogens is 2. The maximum atomic E-state index is 11.8. The van der Waals surface area contributed by atoms with Crippen molar-refractivity contribution in [3.8, 4) is 0 Å². The highest BCUT2D eigenvalue weighted by atomic mass is 32.2. The van der Waals surface area contributed by atoms with E-state index in [1.54, 1.807) is 12.1 Å². The van der Waals surface area contributed by atoms with Crippen LogP contribution in [0.15, 0.2) is 33.7 Å². The molecular formula is C19H24N2O4S. The predicted molar refractivity (Wildman–Crippen MR) is 95.9 cm³/mol. The Morgan fingerprint density at radius 1 is 1.12 bits per heavy atom. The van der Waals surface area contributed by atoms with E-state index in [1.165, 1.54) is 12.7 Å². The van der Waals surface area contributed by atoms with E-state index < -0.39 is 9.84 Å². The van der Waals surface area contributed by atoms with Gasteiger partial charge in [0.05, 0.1) is 16.9 Å². The molecule has 2 aliphatic rings. The highest BCUT2D eigenvalue weighted by Gasteiger charge is 2.41. The van der Waals surface area contributed by atoms with Crippen molar-refractivity contribution in [3.05, 3.63) is 41.5 Å². The number of sulfone groups is 1. The largest absolute Gasteiger partial charge is 0.381 e. The molecular weight excluding hydrogens is 352 g/mol. The number of hydrogen-bond donors (Lipinski definition) is 0. The minimum Gasteiger partial charge on any atom is -0.381 e. The number of benzene rings is 1. The molecule has 1 atom stereocenters. The van der Waals surface area contributed by atoms with Crippen molar-refractivity contribution in [2.75, 3.05) is 19.5 Å². The first-order chi connectivity index (χ1) is 12.5. The van der Waals surface area contributed by atoms with Gasteiger partial charge in [-0.15, -0.1) is 0 Å². The Labute approximate surface area is 153 Å². The van der Waals surface area contributed by atoms with E-state index in [9.17, 15) is 8.42 Å². The Bertz CT molecular complexity index is 861. The Morgan fingerprint density at radius 2 is 1.85 bits per heavy atom. The molecule has 0 amide bonds. The lowest BCUT2D eigenvalue weighted by molar-refractivity contribution is 0.192. The van der Waals surface area contributed by atoms with Gasteiger partial charge in [0, 0.05) is 18.8 Å². The summed E-state index contributed by atoms with van der Waals surface area (Å²) in [5, 5.41) is 4.24. The van der Waals surface area contributed by atoms with E-state index in [0.29, 0.717) is 17.4 Å². The number of nitrogens with zero attached hydrogens (tertiary/aromatic N) is 2. The van der Waals surface area contributed by atoms with Crippen molar-refractivity contribution in [3.63, 3.8) is 0 Å². The highest BCUT2D eigenvalue weighted by Crippen LogP contribution is 2.44. The van der Waals surface area contributed by atoms with Crippen LogP contribution < -0.4 is 0 Å². The van der Waals surface area contributed by atoms with Crippen LogP contribution in [0.4, 0.5) is 0 Å². The van der Waals surface area contributed by atoms with Gasteiger partial charge < -0.3 is 9.26 Å². The molecule has 1 aliphatic carbocycles. The van der Waals surface area contributed by atoms with E-state index in [-0.39, 0.29) is 11.3 Å². The zero-order valence-electron chi connectivity index (χ0n) is 15.0. The zero-order chi connectivity index (χ0) is 18.2. The molecule has 7 heteroatoms. The van der Waals surface area contributed by atoms with Crippen molar-refractivity contribution in [1.82, 2.24) is 10.1 Å². The van der Waals surface area contributed by atoms with Crippen molar-refractivity contribution in [2.45, 2.75) is 54.8 Å². The summed E-state index contributed by atoms with van der Waals surface area (Å²) in [6, 6.07) is 7.18. The van der Waals surface area contributed by atoms with Crippen molar-refractivity contribution < 1.29 is 17.7 Å². The van der Waals surface area contributed by atoms with Gasteiger partial charge in [0.15, 0.2) is 15.7 Å². The monoisotopic (exact) mass is 376 g/mol. The first-order valence-electron chi connectivity index (χ1n) is 9.21. The lowest BCUT2D eigenvalue weighted by Crippen LogP contribution is -2.31. The molecule has 4 rings (SSSR count). The molecule has 0 spiro atoms. The van der Waals surface area contributed by atoms with Crippen molar-refractivity contribution in [2.24, 2.45) is 0 Å². The smallest absolute Gasteiger partial charge is 0.237 e. The Morgan fingerprint density at radius 3 is 2.46 bits per heavy atom. The van der Waals surface area contributed by atoms with Crippen LogP contribution in [-0.4, -0.2) is 38.0 Å². The van der Waals surface area contributed by atoms with Crippen LogP contribution in [0.5, 0.6) is 0 Å². The topological polar surface area (TPSA) is 82.3 Å². The third-order valence-electron chi connectivity index (χ3n) is 5.69. The van der Waals surface area contributed by atoms with Crippen LogP contribution in [0.3, 0.4) is 0 Å². The molecule has 1 aliphatic heterocycles. The second kappa shape index (κ2) is 6.78. The summed E-state index contributed by atoms with van der Waals surface area (Å²) in [5.74, 6) is 1.60. The van der Waals surface area contributed by atoms with E-state index in [1.807, 2.05) is 12.1 Å². The molecule has 1 saturated heterocycles. The molecule has 1 aromatic heterocycles. The molecule has 26 heavy (non-hydrogen) atoms. The summed E-state index contributed by atoms with van der Waals surface area (Å²) in [7, 11) is -3.21. The fourth-order valence-electron chi connectivity index (χ4n) is 4.14. The fraction of sp³-hybridized carbons (Fsp3) is 0.579. The van der Waals surface area contributed by atoms with Crippen molar-refractivity contribution in [1.29, 1.82) is 0 Å². The third kappa shape index (κ3) is 3.18. The first-order valence-corrected chi connectivity index (χ1v) is 11.1. The Kier molecular flexibility index (Phi) is 4.61. The van der Waals surface area contributed by atoms with Gasteiger partial charge in [-0.2, -0.15) is 4.98 Å². The van der Waals surface area contributed by atoms with E-state index in [4.69, 9.17) is 14.2 Å². The predicted octanol–water partition coefficient (Wildman–Crippen LogP) is 3.23. The van der Waals surface area contributed by atoms with Crippen LogP contribution in [0, 0.1) is 0 Å². The summed E-state index contributed by atoms with van der Waals surface area (Å²) in [4.78, 5) is 5.09. The minimum atomic E-state index is -3.21. The van der Waals surface area contributed by atoms with Gasteiger partial charge in [0.1, 0.15) is 0 Å². The molecule has 140 valence electrons. The fourth-order valence-corrected chi connectivity index (χ4v) is 4.77. The lowest BCUT2D eigenvalue weighted by atomic mass is 9.69. The normalized spacial score (nSPS) is 23.2. The van der Waals surface area contributed by atoms with E-state index >= 15 is 0 Å². The molecule has 1 saturated carbocycles. The van der Waals surface area contributed by atoms with Crippen LogP contribution in [0.1, 0.15) is 61.7 Å². The van der Waals surface area contributed by atoms with Gasteiger partial charge in [-0.25, -0.2) is 8.42 Å². The Hall–Kier alpha value is -1.73. The average molecular weight is 376 g/mol. The van der Waals surface area contributed by atoms with Gasteiger partial charge in [0.2, 0.25) is 5.89 Å². The molecule has 1 aromatic carbocycles.